The van der Waals surface area contributed by atoms with E-state index in [0.29, 0.717) is 40.4 Å². The summed E-state index contributed by atoms with van der Waals surface area (Å²) in [5.41, 5.74) is 1.08. The van der Waals surface area contributed by atoms with Gasteiger partial charge in [0.05, 0.1) is 24.4 Å². The molecule has 2 aliphatic heterocycles. The number of carbonyl (C=O) groups is 1. The summed E-state index contributed by atoms with van der Waals surface area (Å²) < 4.78 is 9.16. The van der Waals surface area contributed by atoms with E-state index in [1.165, 1.54) is 6.20 Å². The highest BCUT2D eigenvalue weighted by Crippen LogP contribution is 2.82. The maximum absolute atomic E-state index is 13.2. The first-order valence-corrected chi connectivity index (χ1v) is 11.1. The van der Waals surface area contributed by atoms with Gasteiger partial charge in [-0.2, -0.15) is 9.61 Å². The van der Waals surface area contributed by atoms with Crippen molar-refractivity contribution in [3.63, 3.8) is 0 Å². The number of carbonyl (C=O) groups excluding carboxylic acids is 1. The number of pyridine rings is 1. The number of ether oxygens (including phenoxy) is 1. The van der Waals surface area contributed by atoms with E-state index in [1.807, 2.05) is 16.8 Å². The van der Waals surface area contributed by atoms with Gasteiger partial charge in [-0.25, -0.2) is 4.98 Å². The Morgan fingerprint density at radius 2 is 2.22 bits per heavy atom. The molecule has 164 valence electrons. The fraction of sp³-hybridized carbons (Fsp3) is 0.455. The Hall–Kier alpha value is -3.40. The Kier molecular flexibility index (Phi) is 3.47. The van der Waals surface area contributed by atoms with Crippen LogP contribution in [0.3, 0.4) is 0 Å². The maximum atomic E-state index is 13.2. The second-order valence-electron chi connectivity index (χ2n) is 9.17. The lowest BCUT2D eigenvalue weighted by molar-refractivity contribution is 0.0918. The number of nitrogens with zero attached hydrogens (tertiary/aromatic N) is 4. The van der Waals surface area contributed by atoms with Crippen LogP contribution >= 0.6 is 0 Å². The predicted molar refractivity (Wildman–Crippen MR) is 116 cm³/mol. The highest BCUT2D eigenvalue weighted by molar-refractivity contribution is 6.00. The van der Waals surface area contributed by atoms with Crippen LogP contribution in [-0.2, 0) is 10.3 Å². The summed E-state index contributed by atoms with van der Waals surface area (Å²) in [6, 6.07) is 5.62. The molecular formula is C22H23N7O3. The van der Waals surface area contributed by atoms with Gasteiger partial charge in [-0.3, -0.25) is 9.59 Å². The number of fused-ring (bicyclic) bond motifs is 2. The Bertz CT molecular complexity index is 1320. The summed E-state index contributed by atoms with van der Waals surface area (Å²) >= 11 is 0. The number of rotatable bonds is 6. The van der Waals surface area contributed by atoms with Crippen LogP contribution in [0.1, 0.15) is 29.6 Å². The minimum Gasteiger partial charge on any atom is -0.375 e. The normalized spacial score (nSPS) is 29.3. The van der Waals surface area contributed by atoms with Gasteiger partial charge < -0.3 is 25.3 Å². The third-order valence-corrected chi connectivity index (χ3v) is 7.62. The van der Waals surface area contributed by atoms with Crippen LogP contribution in [0.4, 0.5) is 17.3 Å². The molecular weight excluding hydrogens is 410 g/mol. The van der Waals surface area contributed by atoms with Gasteiger partial charge in [0.1, 0.15) is 22.9 Å². The molecule has 3 aliphatic carbocycles. The van der Waals surface area contributed by atoms with Gasteiger partial charge in [-0.15, -0.1) is 0 Å². The van der Waals surface area contributed by atoms with E-state index in [-0.39, 0.29) is 29.2 Å². The second-order valence-corrected chi connectivity index (χ2v) is 9.17. The molecule has 1 amide bonds. The van der Waals surface area contributed by atoms with E-state index < -0.39 is 0 Å². The first-order valence-electron chi connectivity index (χ1n) is 11.1. The zero-order valence-corrected chi connectivity index (χ0v) is 17.5. The van der Waals surface area contributed by atoms with Crippen molar-refractivity contribution in [1.82, 2.24) is 24.5 Å². The highest BCUT2D eigenvalue weighted by Gasteiger charge is 2.93. The number of anilines is 3. The first kappa shape index (κ1) is 18.2. The quantitative estimate of drug-likeness (QED) is 0.537. The molecule has 2 saturated heterocycles. The van der Waals surface area contributed by atoms with Crippen LogP contribution in [0.15, 0.2) is 35.4 Å². The molecule has 10 heteroatoms. The summed E-state index contributed by atoms with van der Waals surface area (Å²) in [7, 11) is 1.78. The van der Waals surface area contributed by atoms with E-state index >= 15 is 0 Å². The maximum Gasteiger partial charge on any atom is 0.274 e. The Labute approximate surface area is 183 Å². The molecule has 0 spiro atoms. The molecule has 2 bridgehead atoms. The van der Waals surface area contributed by atoms with Gasteiger partial charge in [0, 0.05) is 37.2 Å². The van der Waals surface area contributed by atoms with Gasteiger partial charge in [0.25, 0.3) is 11.5 Å². The van der Waals surface area contributed by atoms with Gasteiger partial charge in [0.15, 0.2) is 5.65 Å². The molecule has 3 aromatic rings. The Morgan fingerprint density at radius 1 is 1.34 bits per heavy atom. The molecule has 4 atom stereocenters. The predicted octanol–water partition coefficient (Wildman–Crippen LogP) is 1.31. The molecule has 8 rings (SSSR count). The lowest BCUT2D eigenvalue weighted by Gasteiger charge is -2.26. The van der Waals surface area contributed by atoms with E-state index in [0.717, 1.165) is 25.9 Å². The molecule has 0 aromatic carbocycles. The smallest absolute Gasteiger partial charge is 0.274 e. The van der Waals surface area contributed by atoms with Crippen molar-refractivity contribution >= 4 is 28.9 Å². The lowest BCUT2D eigenvalue weighted by Crippen LogP contribution is -2.39. The highest BCUT2D eigenvalue weighted by atomic mass is 16.5. The van der Waals surface area contributed by atoms with Crippen LogP contribution in [0.25, 0.3) is 5.65 Å². The Balaban J connectivity index is 1.24. The average Bonchev–Trinajstić information content (AvgIpc) is 3.28. The number of amides is 1. The van der Waals surface area contributed by atoms with Crippen molar-refractivity contribution in [2.24, 2.45) is 11.8 Å². The van der Waals surface area contributed by atoms with Gasteiger partial charge in [-0.05, 0) is 31.4 Å². The van der Waals surface area contributed by atoms with E-state index in [9.17, 15) is 9.59 Å². The minimum absolute atomic E-state index is 0.0860. The minimum atomic E-state index is -0.179. The summed E-state index contributed by atoms with van der Waals surface area (Å²) in [5, 5.41) is 13.6. The van der Waals surface area contributed by atoms with Crippen LogP contribution in [0, 0.1) is 11.8 Å². The first-order chi connectivity index (χ1) is 15.6. The van der Waals surface area contributed by atoms with E-state index in [1.54, 1.807) is 23.7 Å². The molecule has 3 aromatic heterocycles. The van der Waals surface area contributed by atoms with Crippen molar-refractivity contribution < 1.29 is 9.53 Å². The van der Waals surface area contributed by atoms with E-state index in [2.05, 4.69) is 26.0 Å². The number of hydrogen-bond donors (Lipinski definition) is 3. The van der Waals surface area contributed by atoms with Gasteiger partial charge in [-0.1, -0.05) is 0 Å². The Morgan fingerprint density at radius 3 is 2.91 bits per heavy atom. The molecule has 5 aliphatic rings. The molecule has 32 heavy (non-hydrogen) atoms. The van der Waals surface area contributed by atoms with Crippen LogP contribution in [0.5, 0.6) is 0 Å². The standard InChI is InChI=1S/C22H23N7O3/c1-23-16-8-15(27-19-12(9-24-29(16)19)20(30)25-11-4-2-5-11)26-14-6-3-7-28(21(14)31)22-13-10-32-18(22)17(13)22/h3,6-9,11,13,17-18,23H,2,4-5,10H2,1H3,(H,25,30)(H,26,27)/t13-,17-,18?,22-/m1/s1. The van der Waals surface area contributed by atoms with Crippen molar-refractivity contribution in [2.75, 3.05) is 24.3 Å². The SMILES string of the molecule is CNc1cc(Nc2cccn([C@]34C5OC[C@@H]3[C@H]54)c2=O)nc2c(C(=O)NC3CCC3)cnn12. The fourth-order valence-electron chi connectivity index (χ4n) is 5.56. The summed E-state index contributed by atoms with van der Waals surface area (Å²) in [6.07, 6.45) is 6.72. The van der Waals surface area contributed by atoms with Crippen molar-refractivity contribution in [2.45, 2.75) is 36.9 Å². The van der Waals surface area contributed by atoms with Crippen molar-refractivity contribution in [3.05, 3.63) is 46.5 Å². The molecule has 3 N–H and O–H groups in total. The molecule has 1 unspecified atom stereocenters. The molecule has 3 saturated carbocycles. The van der Waals surface area contributed by atoms with Gasteiger partial charge >= 0.3 is 0 Å². The topological polar surface area (TPSA) is 115 Å². The molecule has 10 nitrogen and oxygen atoms in total. The third-order valence-electron chi connectivity index (χ3n) is 7.62. The summed E-state index contributed by atoms with van der Waals surface area (Å²) in [4.78, 5) is 30.6. The lowest BCUT2D eigenvalue weighted by atomic mass is 9.93. The van der Waals surface area contributed by atoms with Crippen molar-refractivity contribution in [3.8, 4) is 0 Å². The number of hydrogen-bond acceptors (Lipinski definition) is 7. The van der Waals surface area contributed by atoms with Crippen molar-refractivity contribution in [1.29, 1.82) is 0 Å². The third kappa shape index (κ3) is 2.22. The molecule has 5 heterocycles. The largest absolute Gasteiger partial charge is 0.375 e. The van der Waals surface area contributed by atoms with Gasteiger partial charge in [0.2, 0.25) is 0 Å². The zero-order valence-electron chi connectivity index (χ0n) is 17.5. The number of nitrogens with one attached hydrogen (secondary N) is 3. The summed E-state index contributed by atoms with van der Waals surface area (Å²) in [5.74, 6) is 1.90. The van der Waals surface area contributed by atoms with Crippen LogP contribution in [-0.4, -0.2) is 50.9 Å². The summed E-state index contributed by atoms with van der Waals surface area (Å²) in [6.45, 7) is 0.746. The van der Waals surface area contributed by atoms with Crippen LogP contribution in [0.2, 0.25) is 0 Å². The average molecular weight is 433 g/mol. The molecule has 5 fully saturated rings. The van der Waals surface area contributed by atoms with Crippen LogP contribution < -0.4 is 21.5 Å². The number of aromatic nitrogens is 4. The second kappa shape index (κ2) is 6.10. The molecule has 0 radical (unpaired) electrons. The fourth-order valence-corrected chi connectivity index (χ4v) is 5.56. The zero-order chi connectivity index (χ0) is 21.6. The van der Waals surface area contributed by atoms with E-state index in [4.69, 9.17) is 4.74 Å². The monoisotopic (exact) mass is 433 g/mol.